The largest absolute Gasteiger partial charge is 0.659 e. The summed E-state index contributed by atoms with van der Waals surface area (Å²) >= 11 is 0. The average molecular weight is 618 g/mol. The SMILES string of the molecule is Oc1cc(F)ccc1N1CCNCC1.Oc1cc(F)ccc1N1CC[N-]CC1.[Ac]. The molecule has 155 valence electrons. The zero-order valence-corrected chi connectivity index (χ0v) is 20.9. The fraction of sp³-hybridized carbons (Fsp3) is 0.400. The van der Waals surface area contributed by atoms with Crippen LogP contribution >= 0.6 is 0 Å². The van der Waals surface area contributed by atoms with Gasteiger partial charge in [0.2, 0.25) is 0 Å². The second kappa shape index (κ2) is 11.9. The minimum absolute atomic E-state index is 0. The monoisotopic (exact) mass is 618 g/mol. The van der Waals surface area contributed by atoms with Crippen molar-refractivity contribution in [3.63, 3.8) is 0 Å². The summed E-state index contributed by atoms with van der Waals surface area (Å²) in [5.74, 6) is -0.784. The number of aromatic hydroxyl groups is 2. The standard InChI is InChI=1S/C10H13FN2O.C10H12FN2O.Ac/c2*11-8-1-2-9(10(14)7-8)13-5-3-12-4-6-13;/h1-2,7,12,14H,3-6H2;1-2,7,14H,3-6H2;/q;-1;. The normalized spacial score (nSPS) is 16.5. The van der Waals surface area contributed by atoms with E-state index in [2.05, 4.69) is 10.6 Å². The number of anilines is 2. The molecule has 2 aliphatic rings. The summed E-state index contributed by atoms with van der Waals surface area (Å²) in [6.45, 7) is 6.62. The maximum absolute atomic E-state index is 12.7. The summed E-state index contributed by atoms with van der Waals surface area (Å²) in [5.41, 5.74) is 1.41. The van der Waals surface area contributed by atoms with Crippen molar-refractivity contribution in [2.45, 2.75) is 0 Å². The molecule has 0 unspecified atom stereocenters. The Labute approximate surface area is 205 Å². The van der Waals surface area contributed by atoms with Crippen molar-refractivity contribution >= 4 is 11.4 Å². The molecule has 0 aromatic heterocycles. The first-order valence-electron chi connectivity index (χ1n) is 9.35. The topological polar surface area (TPSA) is 73.1 Å². The van der Waals surface area contributed by atoms with Gasteiger partial charge in [0.05, 0.1) is 11.4 Å². The van der Waals surface area contributed by atoms with Gasteiger partial charge in [-0.2, -0.15) is 0 Å². The van der Waals surface area contributed by atoms with E-state index in [-0.39, 0.29) is 55.6 Å². The van der Waals surface area contributed by atoms with Gasteiger partial charge in [-0.15, -0.1) is 13.1 Å². The summed E-state index contributed by atoms with van der Waals surface area (Å²) in [6.07, 6.45) is 0. The first-order valence-corrected chi connectivity index (χ1v) is 9.35. The zero-order valence-electron chi connectivity index (χ0n) is 16.2. The number of nitrogens with one attached hydrogen (secondary N) is 1. The third-order valence-electron chi connectivity index (χ3n) is 4.73. The number of benzene rings is 2. The number of phenolic OH excluding ortho intramolecular Hbond substituents is 2. The Balaban J connectivity index is 0.000000200. The molecule has 2 aromatic rings. The van der Waals surface area contributed by atoms with Crippen LogP contribution in [-0.4, -0.2) is 62.6 Å². The van der Waals surface area contributed by atoms with Gasteiger partial charge in [-0.1, -0.05) is 0 Å². The second-order valence-electron chi connectivity index (χ2n) is 6.66. The minimum atomic E-state index is -0.409. The number of phenols is 2. The summed E-state index contributed by atoms with van der Waals surface area (Å²) < 4.78 is 25.4. The van der Waals surface area contributed by atoms with Crippen molar-refractivity contribution in [3.8, 4) is 11.5 Å². The Hall–Kier alpha value is -1.14. The van der Waals surface area contributed by atoms with Crippen LogP contribution in [0.5, 0.6) is 11.5 Å². The Kier molecular flexibility index (Phi) is 9.90. The molecule has 0 spiro atoms. The van der Waals surface area contributed by atoms with E-state index in [1.54, 1.807) is 12.1 Å². The van der Waals surface area contributed by atoms with Crippen LogP contribution < -0.4 is 15.1 Å². The van der Waals surface area contributed by atoms with Crippen LogP contribution in [0.25, 0.3) is 5.32 Å². The molecule has 29 heavy (non-hydrogen) atoms. The van der Waals surface area contributed by atoms with Crippen LogP contribution in [0.2, 0.25) is 0 Å². The first-order chi connectivity index (χ1) is 13.5. The van der Waals surface area contributed by atoms with E-state index in [0.717, 1.165) is 64.5 Å². The summed E-state index contributed by atoms with van der Waals surface area (Å²) in [4.78, 5) is 4.06. The molecule has 2 aliphatic heterocycles. The fourth-order valence-corrected chi connectivity index (χ4v) is 3.28. The quantitative estimate of drug-likeness (QED) is 0.483. The molecule has 2 saturated heterocycles. The average Bonchev–Trinajstić information content (AvgIpc) is 2.70. The van der Waals surface area contributed by atoms with E-state index in [0.29, 0.717) is 11.4 Å². The van der Waals surface area contributed by atoms with E-state index in [4.69, 9.17) is 0 Å². The van der Waals surface area contributed by atoms with E-state index >= 15 is 0 Å². The van der Waals surface area contributed by atoms with Gasteiger partial charge in [0, 0.05) is 82.4 Å². The van der Waals surface area contributed by atoms with Gasteiger partial charge in [-0.3, -0.25) is 0 Å². The van der Waals surface area contributed by atoms with E-state index in [1.165, 1.54) is 12.1 Å². The number of piperazine rings is 2. The van der Waals surface area contributed by atoms with E-state index in [9.17, 15) is 19.0 Å². The zero-order chi connectivity index (χ0) is 19.9. The van der Waals surface area contributed by atoms with Crippen LogP contribution in [0.3, 0.4) is 0 Å². The summed E-state index contributed by atoms with van der Waals surface area (Å²) in [6, 6.07) is 8.25. The summed E-state index contributed by atoms with van der Waals surface area (Å²) in [5, 5.41) is 26.5. The molecule has 6 nitrogen and oxygen atoms in total. The van der Waals surface area contributed by atoms with Gasteiger partial charge in [-0.05, 0) is 37.4 Å². The fourth-order valence-electron chi connectivity index (χ4n) is 3.28. The van der Waals surface area contributed by atoms with Crippen LogP contribution in [0.15, 0.2) is 36.4 Å². The predicted molar refractivity (Wildman–Crippen MR) is 107 cm³/mol. The molecule has 0 amide bonds. The molecule has 2 heterocycles. The molecule has 1 radical (unpaired) electrons. The van der Waals surface area contributed by atoms with Gasteiger partial charge in [-0.25, -0.2) is 8.78 Å². The van der Waals surface area contributed by atoms with E-state index in [1.807, 2.05) is 9.80 Å². The first kappa shape index (κ1) is 24.1. The number of halogens is 2. The van der Waals surface area contributed by atoms with Gasteiger partial charge in [0.25, 0.3) is 0 Å². The van der Waals surface area contributed by atoms with Crippen molar-refractivity contribution in [1.29, 1.82) is 0 Å². The van der Waals surface area contributed by atoms with Crippen LogP contribution in [0, 0.1) is 55.7 Å². The third-order valence-corrected chi connectivity index (χ3v) is 4.73. The van der Waals surface area contributed by atoms with Gasteiger partial charge in [0.1, 0.15) is 23.1 Å². The van der Waals surface area contributed by atoms with Crippen LogP contribution in [0.1, 0.15) is 0 Å². The molecule has 4 rings (SSSR count). The molecule has 0 bridgehead atoms. The van der Waals surface area contributed by atoms with Crippen LogP contribution in [0.4, 0.5) is 20.2 Å². The molecule has 2 aromatic carbocycles. The van der Waals surface area contributed by atoms with Crippen molar-refractivity contribution in [1.82, 2.24) is 5.32 Å². The minimum Gasteiger partial charge on any atom is -0.659 e. The number of rotatable bonds is 2. The number of hydrogen-bond acceptors (Lipinski definition) is 5. The Bertz CT molecular complexity index is 720. The Morgan fingerprint density at radius 3 is 1.66 bits per heavy atom. The second-order valence-corrected chi connectivity index (χ2v) is 6.66. The maximum Gasteiger partial charge on any atom is 0.141 e. The molecule has 3 N–H and O–H groups in total. The molecule has 2 fully saturated rings. The molecule has 9 heteroatoms. The number of nitrogens with zero attached hydrogens (tertiary/aromatic N) is 3. The van der Waals surface area contributed by atoms with Crippen molar-refractivity contribution in [2.75, 3.05) is 62.2 Å². The Morgan fingerprint density at radius 2 is 1.21 bits per heavy atom. The molecule has 0 saturated carbocycles. The molecular formula is C20H25AcF2N4O2-. The van der Waals surface area contributed by atoms with Crippen LogP contribution in [-0.2, 0) is 0 Å². The predicted octanol–water partition coefficient (Wildman–Crippen LogP) is 2.67. The maximum atomic E-state index is 12.7. The van der Waals surface area contributed by atoms with Gasteiger partial charge in [0.15, 0.2) is 0 Å². The third kappa shape index (κ3) is 6.95. The smallest absolute Gasteiger partial charge is 0.141 e. The van der Waals surface area contributed by atoms with Gasteiger partial charge >= 0.3 is 0 Å². The number of hydrogen-bond donors (Lipinski definition) is 3. The van der Waals surface area contributed by atoms with Crippen molar-refractivity contribution in [2.24, 2.45) is 0 Å². The molecule has 0 aliphatic carbocycles. The van der Waals surface area contributed by atoms with E-state index < -0.39 is 11.6 Å². The molecular weight excluding hydrogens is 593 g/mol. The Morgan fingerprint density at radius 1 is 0.759 bits per heavy atom. The molecule has 0 atom stereocenters. The van der Waals surface area contributed by atoms with Gasteiger partial charge < -0.3 is 30.6 Å². The summed E-state index contributed by atoms with van der Waals surface area (Å²) in [7, 11) is 0. The van der Waals surface area contributed by atoms with Crippen molar-refractivity contribution in [3.05, 3.63) is 53.3 Å². The van der Waals surface area contributed by atoms with Crippen molar-refractivity contribution < 1.29 is 63.1 Å².